The number of aromatic hydroxyl groups is 1. The Labute approximate surface area is 174 Å². The van der Waals surface area contributed by atoms with Gasteiger partial charge in [-0.05, 0) is 50.7 Å². The molecule has 2 N–H and O–H groups in total. The number of esters is 1. The van der Waals surface area contributed by atoms with Crippen LogP contribution in [0.25, 0.3) is 0 Å². The van der Waals surface area contributed by atoms with Crippen molar-refractivity contribution >= 4 is 11.7 Å². The van der Waals surface area contributed by atoms with Crippen molar-refractivity contribution in [1.29, 1.82) is 0 Å². The van der Waals surface area contributed by atoms with Gasteiger partial charge in [0, 0.05) is 24.6 Å². The summed E-state index contributed by atoms with van der Waals surface area (Å²) in [6.07, 6.45) is 3.49. The first-order valence-electron chi connectivity index (χ1n) is 9.88. The molecule has 160 valence electrons. The molecule has 30 heavy (non-hydrogen) atoms. The summed E-state index contributed by atoms with van der Waals surface area (Å²) in [6.45, 7) is 0.738. The smallest absolute Gasteiger partial charge is 0.347 e. The summed E-state index contributed by atoms with van der Waals surface area (Å²) in [6, 6.07) is 9.88. The predicted molar refractivity (Wildman–Crippen MR) is 111 cm³/mol. The van der Waals surface area contributed by atoms with E-state index in [9.17, 15) is 25.1 Å². The minimum absolute atomic E-state index is 0.0491. The van der Waals surface area contributed by atoms with Crippen LogP contribution in [-0.4, -0.2) is 46.6 Å². The number of benzene rings is 2. The van der Waals surface area contributed by atoms with Gasteiger partial charge in [-0.3, -0.25) is 10.1 Å². The van der Waals surface area contributed by atoms with Crippen molar-refractivity contribution in [2.24, 2.45) is 5.92 Å². The van der Waals surface area contributed by atoms with Gasteiger partial charge in [-0.25, -0.2) is 4.79 Å². The molecule has 2 aromatic rings. The number of phenols is 1. The van der Waals surface area contributed by atoms with E-state index in [0.29, 0.717) is 12.0 Å². The Morgan fingerprint density at radius 3 is 2.73 bits per heavy atom. The monoisotopic (exact) mass is 414 g/mol. The van der Waals surface area contributed by atoms with Crippen LogP contribution in [0.15, 0.2) is 42.5 Å². The van der Waals surface area contributed by atoms with Gasteiger partial charge in [-0.2, -0.15) is 0 Å². The number of rotatable bonds is 6. The van der Waals surface area contributed by atoms with E-state index in [-0.39, 0.29) is 22.9 Å². The third kappa shape index (κ3) is 4.60. The Bertz CT molecular complexity index is 945. The molecule has 8 nitrogen and oxygen atoms in total. The molecule has 0 bridgehead atoms. The summed E-state index contributed by atoms with van der Waals surface area (Å²) in [5.74, 6) is -1.06. The molecule has 0 spiro atoms. The Kier molecular flexibility index (Phi) is 6.38. The maximum absolute atomic E-state index is 12.5. The van der Waals surface area contributed by atoms with Crippen LogP contribution in [-0.2, 0) is 5.60 Å². The molecule has 0 radical (unpaired) electrons. The van der Waals surface area contributed by atoms with E-state index >= 15 is 0 Å². The molecule has 0 amide bonds. The average Bonchev–Trinajstić information content (AvgIpc) is 2.69. The van der Waals surface area contributed by atoms with Crippen LogP contribution in [0, 0.1) is 16.0 Å². The van der Waals surface area contributed by atoms with Crippen LogP contribution in [0.1, 0.15) is 41.6 Å². The van der Waals surface area contributed by atoms with E-state index in [2.05, 4.69) is 4.90 Å². The van der Waals surface area contributed by atoms with Crippen LogP contribution >= 0.6 is 0 Å². The zero-order valence-electron chi connectivity index (χ0n) is 17.1. The van der Waals surface area contributed by atoms with E-state index in [1.54, 1.807) is 18.2 Å². The number of carbonyl (C=O) groups is 1. The lowest BCUT2D eigenvalue weighted by Gasteiger charge is -2.41. The number of ether oxygens (including phenoxy) is 1. The van der Waals surface area contributed by atoms with E-state index in [0.717, 1.165) is 44.0 Å². The number of non-ortho nitro benzene ring substituents is 1. The van der Waals surface area contributed by atoms with Gasteiger partial charge in [-0.1, -0.05) is 25.0 Å². The maximum Gasteiger partial charge on any atom is 0.347 e. The van der Waals surface area contributed by atoms with Gasteiger partial charge in [0.05, 0.1) is 10.5 Å². The first-order chi connectivity index (χ1) is 14.2. The molecule has 1 saturated carbocycles. The Morgan fingerprint density at radius 2 is 2.03 bits per heavy atom. The maximum atomic E-state index is 12.5. The molecule has 1 aliphatic rings. The molecule has 3 rings (SSSR count). The highest BCUT2D eigenvalue weighted by Gasteiger charge is 2.40. The van der Waals surface area contributed by atoms with Crippen molar-refractivity contribution in [2.45, 2.75) is 31.3 Å². The minimum Gasteiger partial charge on any atom is -0.507 e. The summed E-state index contributed by atoms with van der Waals surface area (Å²) < 4.78 is 5.37. The third-order valence-corrected chi connectivity index (χ3v) is 5.58. The molecule has 0 heterocycles. The number of phenolic OH excluding ortho intramolecular Hbond substituents is 1. The number of hydrogen-bond donors (Lipinski definition) is 2. The molecule has 0 aliphatic heterocycles. The van der Waals surface area contributed by atoms with Gasteiger partial charge in [0.15, 0.2) is 0 Å². The molecule has 0 unspecified atom stereocenters. The van der Waals surface area contributed by atoms with Crippen LogP contribution in [0.5, 0.6) is 11.5 Å². The Hall–Kier alpha value is -2.97. The van der Waals surface area contributed by atoms with Crippen LogP contribution in [0.4, 0.5) is 5.69 Å². The van der Waals surface area contributed by atoms with Gasteiger partial charge in [0.2, 0.25) is 0 Å². The molecule has 0 saturated heterocycles. The van der Waals surface area contributed by atoms with Crippen LogP contribution < -0.4 is 4.74 Å². The molecule has 8 heteroatoms. The van der Waals surface area contributed by atoms with E-state index in [4.69, 9.17) is 4.74 Å². The van der Waals surface area contributed by atoms with E-state index in [1.807, 2.05) is 20.2 Å². The van der Waals surface area contributed by atoms with Crippen molar-refractivity contribution in [1.82, 2.24) is 4.90 Å². The molecule has 2 aromatic carbocycles. The van der Waals surface area contributed by atoms with Crippen molar-refractivity contribution in [3.8, 4) is 11.5 Å². The zero-order valence-corrected chi connectivity index (χ0v) is 17.1. The standard InChI is InChI=1S/C22H26N2O6/c1-23(2)14-16-6-3-4-11-22(16,27)15-7-5-8-18(12-15)30-21(26)19-13-17(24(28)29)9-10-20(19)25/h5,7-10,12-13,16,25,27H,3-4,6,11,14H2,1-2H3/t16-,22+/m1/s1. The predicted octanol–water partition coefficient (Wildman–Crippen LogP) is 3.46. The molecule has 1 fully saturated rings. The van der Waals surface area contributed by atoms with Crippen molar-refractivity contribution in [2.75, 3.05) is 20.6 Å². The summed E-state index contributed by atoms with van der Waals surface area (Å²) >= 11 is 0. The second-order valence-corrected chi connectivity index (χ2v) is 8.01. The van der Waals surface area contributed by atoms with E-state index in [1.165, 1.54) is 0 Å². The molecule has 0 aromatic heterocycles. The number of hydrogen-bond acceptors (Lipinski definition) is 7. The number of nitrogens with zero attached hydrogens (tertiary/aromatic N) is 2. The third-order valence-electron chi connectivity index (χ3n) is 5.58. The van der Waals surface area contributed by atoms with Gasteiger partial charge in [0.25, 0.3) is 5.69 Å². The summed E-state index contributed by atoms with van der Waals surface area (Å²) in [4.78, 5) is 24.9. The van der Waals surface area contributed by atoms with E-state index < -0.39 is 22.2 Å². The fourth-order valence-corrected chi connectivity index (χ4v) is 4.08. The van der Waals surface area contributed by atoms with Crippen LogP contribution in [0.3, 0.4) is 0 Å². The zero-order chi connectivity index (χ0) is 21.9. The highest BCUT2D eigenvalue weighted by molar-refractivity contribution is 5.94. The number of aliphatic hydroxyl groups is 1. The summed E-state index contributed by atoms with van der Waals surface area (Å²) in [7, 11) is 3.94. The molecule has 2 atom stereocenters. The highest BCUT2D eigenvalue weighted by Crippen LogP contribution is 2.42. The lowest BCUT2D eigenvalue weighted by atomic mass is 9.71. The van der Waals surface area contributed by atoms with Gasteiger partial charge >= 0.3 is 5.97 Å². The normalized spacial score (nSPS) is 21.4. The molecule has 1 aliphatic carbocycles. The molecular formula is C22H26N2O6. The quantitative estimate of drug-likeness (QED) is 0.322. The fourth-order valence-electron chi connectivity index (χ4n) is 4.08. The van der Waals surface area contributed by atoms with Crippen LogP contribution in [0.2, 0.25) is 0 Å². The molecular weight excluding hydrogens is 388 g/mol. The second kappa shape index (κ2) is 8.81. The van der Waals surface area contributed by atoms with Crippen molar-refractivity contribution < 1.29 is 24.7 Å². The number of nitro groups is 1. The number of nitro benzene ring substituents is 1. The second-order valence-electron chi connectivity index (χ2n) is 8.01. The Morgan fingerprint density at radius 1 is 1.27 bits per heavy atom. The topological polar surface area (TPSA) is 113 Å². The lowest BCUT2D eigenvalue weighted by molar-refractivity contribution is -0.384. The SMILES string of the molecule is CN(C)C[C@H]1CCCC[C@]1(O)c1cccc(OC(=O)c2cc([N+](=O)[O-])ccc2O)c1. The number of carbonyl (C=O) groups excluding carboxylic acids is 1. The Balaban J connectivity index is 1.86. The highest BCUT2D eigenvalue weighted by atomic mass is 16.6. The first-order valence-corrected chi connectivity index (χ1v) is 9.88. The lowest BCUT2D eigenvalue weighted by Crippen LogP contribution is -2.43. The fraction of sp³-hybridized carbons (Fsp3) is 0.409. The summed E-state index contributed by atoms with van der Waals surface area (Å²) in [5.41, 5.74) is -0.978. The van der Waals surface area contributed by atoms with Gasteiger partial charge in [-0.15, -0.1) is 0 Å². The average molecular weight is 414 g/mol. The summed E-state index contributed by atoms with van der Waals surface area (Å²) in [5, 5.41) is 32.3. The van der Waals surface area contributed by atoms with Crippen molar-refractivity contribution in [3.05, 3.63) is 63.7 Å². The minimum atomic E-state index is -1.03. The van der Waals surface area contributed by atoms with Gasteiger partial charge < -0.3 is 19.8 Å². The largest absolute Gasteiger partial charge is 0.507 e. The first kappa shape index (κ1) is 21.7. The van der Waals surface area contributed by atoms with Gasteiger partial charge in [0.1, 0.15) is 17.1 Å². The van der Waals surface area contributed by atoms with Crippen molar-refractivity contribution in [3.63, 3.8) is 0 Å².